The van der Waals surface area contributed by atoms with Gasteiger partial charge in [-0.1, -0.05) is 6.07 Å². The smallest absolute Gasteiger partial charge is 0.323 e. The molecule has 2 aromatic rings. The van der Waals surface area contributed by atoms with Gasteiger partial charge in [0.05, 0.1) is 27.4 Å². The maximum Gasteiger partial charge on any atom is 0.323 e. The molecule has 1 heterocycles. The molecule has 29 heavy (non-hydrogen) atoms. The fourth-order valence-corrected chi connectivity index (χ4v) is 4.47. The van der Waals surface area contributed by atoms with Crippen LogP contribution >= 0.6 is 0 Å². The van der Waals surface area contributed by atoms with Crippen LogP contribution in [0.25, 0.3) is 0 Å². The van der Waals surface area contributed by atoms with Gasteiger partial charge in [-0.05, 0) is 30.3 Å². The van der Waals surface area contributed by atoms with Crippen LogP contribution in [0.3, 0.4) is 0 Å². The van der Waals surface area contributed by atoms with Crippen LogP contribution < -0.4 is 20.1 Å². The Morgan fingerprint density at radius 1 is 1.00 bits per heavy atom. The standard InChI is InChI=1S/C19H23N3O6S/c1-26-16-5-3-4-14(12-16)20-19(23)21-15-6-7-17(27-2)18(13-15)29(24,25)22-8-10-28-11-9-22/h3-7,12-13H,8-11H2,1-2H3,(H2,20,21,23). The molecular formula is C19H23N3O6S. The van der Waals surface area contributed by atoms with Gasteiger partial charge in [0.15, 0.2) is 0 Å². The molecule has 1 aliphatic rings. The Balaban J connectivity index is 1.79. The van der Waals surface area contributed by atoms with E-state index < -0.39 is 16.1 Å². The van der Waals surface area contributed by atoms with Crippen molar-refractivity contribution in [3.63, 3.8) is 0 Å². The highest BCUT2D eigenvalue weighted by molar-refractivity contribution is 7.89. The Morgan fingerprint density at radius 3 is 2.34 bits per heavy atom. The van der Waals surface area contributed by atoms with Crippen LogP contribution in [0, 0.1) is 0 Å². The first-order valence-electron chi connectivity index (χ1n) is 8.92. The molecule has 2 amide bonds. The molecule has 156 valence electrons. The third-order valence-corrected chi connectivity index (χ3v) is 6.26. The minimum absolute atomic E-state index is 0.0129. The molecule has 0 spiro atoms. The average Bonchev–Trinajstić information content (AvgIpc) is 2.74. The molecule has 0 aromatic heterocycles. The minimum atomic E-state index is -3.79. The van der Waals surface area contributed by atoms with Gasteiger partial charge < -0.3 is 24.8 Å². The van der Waals surface area contributed by atoms with Gasteiger partial charge in [-0.25, -0.2) is 13.2 Å². The summed E-state index contributed by atoms with van der Waals surface area (Å²) in [6.07, 6.45) is 0. The summed E-state index contributed by atoms with van der Waals surface area (Å²) in [4.78, 5) is 12.3. The van der Waals surface area contributed by atoms with E-state index in [1.165, 1.54) is 30.7 Å². The van der Waals surface area contributed by atoms with Crippen molar-refractivity contribution < 1.29 is 27.4 Å². The normalized spacial score (nSPS) is 14.8. The van der Waals surface area contributed by atoms with E-state index >= 15 is 0 Å². The molecular weight excluding hydrogens is 398 g/mol. The number of rotatable bonds is 6. The van der Waals surface area contributed by atoms with Crippen LogP contribution in [0.4, 0.5) is 16.2 Å². The number of benzene rings is 2. The molecule has 0 bridgehead atoms. The van der Waals surface area contributed by atoms with Crippen molar-refractivity contribution in [2.24, 2.45) is 0 Å². The summed E-state index contributed by atoms with van der Waals surface area (Å²) in [7, 11) is -0.857. The summed E-state index contributed by atoms with van der Waals surface area (Å²) in [5, 5.41) is 5.32. The average molecular weight is 421 g/mol. The maximum atomic E-state index is 13.0. The Kier molecular flexibility index (Phi) is 6.57. The van der Waals surface area contributed by atoms with Gasteiger partial charge in [0.25, 0.3) is 0 Å². The lowest BCUT2D eigenvalue weighted by Crippen LogP contribution is -2.40. The van der Waals surface area contributed by atoms with Gasteiger partial charge in [-0.2, -0.15) is 4.31 Å². The van der Waals surface area contributed by atoms with Crippen molar-refractivity contribution in [2.75, 3.05) is 51.2 Å². The van der Waals surface area contributed by atoms with E-state index in [0.717, 1.165) is 0 Å². The number of methoxy groups -OCH3 is 2. The van der Waals surface area contributed by atoms with Gasteiger partial charge in [0.1, 0.15) is 16.4 Å². The third kappa shape index (κ3) is 4.97. The topological polar surface area (TPSA) is 106 Å². The number of amides is 2. The van der Waals surface area contributed by atoms with Gasteiger partial charge in [0, 0.05) is 30.5 Å². The van der Waals surface area contributed by atoms with Gasteiger partial charge in [-0.15, -0.1) is 0 Å². The molecule has 3 rings (SSSR count). The summed E-state index contributed by atoms with van der Waals surface area (Å²) in [6.45, 7) is 1.20. The highest BCUT2D eigenvalue weighted by Crippen LogP contribution is 2.30. The molecule has 10 heteroatoms. The number of urea groups is 1. The van der Waals surface area contributed by atoms with Gasteiger partial charge in [0.2, 0.25) is 10.0 Å². The zero-order valence-corrected chi connectivity index (χ0v) is 17.0. The second-order valence-electron chi connectivity index (χ2n) is 6.19. The number of carbonyl (C=O) groups excluding carboxylic acids is 1. The first kappa shape index (κ1) is 20.9. The second kappa shape index (κ2) is 9.12. The van der Waals surface area contributed by atoms with Crippen molar-refractivity contribution in [2.45, 2.75) is 4.90 Å². The van der Waals surface area contributed by atoms with E-state index in [-0.39, 0.29) is 23.7 Å². The summed E-state index contributed by atoms with van der Waals surface area (Å²) in [5.41, 5.74) is 0.856. The SMILES string of the molecule is COc1cccc(NC(=O)Nc2ccc(OC)c(S(=O)(=O)N3CCOCC3)c2)c1. The number of nitrogens with one attached hydrogen (secondary N) is 2. The molecule has 1 saturated heterocycles. The highest BCUT2D eigenvalue weighted by atomic mass is 32.2. The van der Waals surface area contributed by atoms with E-state index in [1.54, 1.807) is 30.3 Å². The number of ether oxygens (including phenoxy) is 3. The predicted octanol–water partition coefficient (Wildman–Crippen LogP) is 2.37. The quantitative estimate of drug-likeness (QED) is 0.742. The van der Waals surface area contributed by atoms with Crippen LogP contribution in [0.1, 0.15) is 0 Å². The second-order valence-corrected chi connectivity index (χ2v) is 8.10. The van der Waals surface area contributed by atoms with Crippen molar-refractivity contribution in [3.8, 4) is 11.5 Å². The lowest BCUT2D eigenvalue weighted by atomic mass is 10.3. The molecule has 0 atom stereocenters. The fourth-order valence-electron chi connectivity index (χ4n) is 2.88. The first-order chi connectivity index (χ1) is 13.9. The van der Waals surface area contributed by atoms with Crippen LogP contribution in [-0.4, -0.2) is 59.3 Å². The molecule has 9 nitrogen and oxygen atoms in total. The summed E-state index contributed by atoms with van der Waals surface area (Å²) < 4.78 is 42.9. The maximum absolute atomic E-state index is 13.0. The Hall–Kier alpha value is -2.82. The molecule has 0 unspecified atom stereocenters. The van der Waals surface area contributed by atoms with E-state index in [0.29, 0.717) is 30.3 Å². The van der Waals surface area contributed by atoms with E-state index in [1.807, 2.05) is 0 Å². The minimum Gasteiger partial charge on any atom is -0.497 e. The zero-order chi connectivity index (χ0) is 20.9. The summed E-state index contributed by atoms with van der Waals surface area (Å²) in [6, 6.07) is 10.8. The third-order valence-electron chi connectivity index (χ3n) is 4.34. The molecule has 0 radical (unpaired) electrons. The van der Waals surface area contributed by atoms with Crippen molar-refractivity contribution in [1.82, 2.24) is 4.31 Å². The number of sulfonamides is 1. The lowest BCUT2D eigenvalue weighted by Gasteiger charge is -2.26. The lowest BCUT2D eigenvalue weighted by molar-refractivity contribution is 0.0729. The van der Waals surface area contributed by atoms with E-state index in [9.17, 15) is 13.2 Å². The van der Waals surface area contributed by atoms with Crippen molar-refractivity contribution >= 4 is 27.4 Å². The number of hydrogen-bond donors (Lipinski definition) is 2. The number of hydrogen-bond acceptors (Lipinski definition) is 6. The number of carbonyl (C=O) groups is 1. The van der Waals surface area contributed by atoms with Gasteiger partial charge in [-0.3, -0.25) is 0 Å². The highest BCUT2D eigenvalue weighted by Gasteiger charge is 2.29. The predicted molar refractivity (Wildman–Crippen MR) is 108 cm³/mol. The Labute approximate surface area is 169 Å². The monoisotopic (exact) mass is 421 g/mol. The zero-order valence-electron chi connectivity index (χ0n) is 16.2. The Morgan fingerprint density at radius 2 is 1.69 bits per heavy atom. The first-order valence-corrected chi connectivity index (χ1v) is 10.4. The van der Waals surface area contributed by atoms with Crippen molar-refractivity contribution in [1.29, 1.82) is 0 Å². The molecule has 0 saturated carbocycles. The molecule has 1 fully saturated rings. The van der Waals surface area contributed by atoms with Gasteiger partial charge >= 0.3 is 6.03 Å². The van der Waals surface area contributed by atoms with Crippen LogP contribution in [-0.2, 0) is 14.8 Å². The Bertz CT molecular complexity index is 974. The van der Waals surface area contributed by atoms with E-state index in [4.69, 9.17) is 14.2 Å². The number of anilines is 2. The molecule has 2 N–H and O–H groups in total. The van der Waals surface area contributed by atoms with Crippen LogP contribution in [0.15, 0.2) is 47.4 Å². The molecule has 1 aliphatic heterocycles. The number of morpholine rings is 1. The summed E-state index contributed by atoms with van der Waals surface area (Å²) in [5.74, 6) is 0.807. The molecule has 0 aliphatic carbocycles. The van der Waals surface area contributed by atoms with Crippen molar-refractivity contribution in [3.05, 3.63) is 42.5 Å². The van der Waals surface area contributed by atoms with Crippen LogP contribution in [0.5, 0.6) is 11.5 Å². The largest absolute Gasteiger partial charge is 0.497 e. The molecule has 2 aromatic carbocycles. The summed E-state index contributed by atoms with van der Waals surface area (Å²) >= 11 is 0. The van der Waals surface area contributed by atoms with Crippen LogP contribution in [0.2, 0.25) is 0 Å². The fraction of sp³-hybridized carbons (Fsp3) is 0.316. The van der Waals surface area contributed by atoms with E-state index in [2.05, 4.69) is 10.6 Å². The number of nitrogens with zero attached hydrogens (tertiary/aromatic N) is 1.